The summed E-state index contributed by atoms with van der Waals surface area (Å²) >= 11 is 0. The molecular weight excluding hydrogens is 228 g/mol. The number of hydrogen-bond donors (Lipinski definition) is 3. The van der Waals surface area contributed by atoms with Gasteiger partial charge < -0.3 is 11.1 Å². The SMILES string of the molecule is Cc1cn[nH]c1NC(=O)/C=C/c1ccc(N)cc1. The lowest BCUT2D eigenvalue weighted by Crippen LogP contribution is -2.08. The van der Waals surface area contributed by atoms with Gasteiger partial charge in [0.25, 0.3) is 0 Å². The Bertz CT molecular complexity index is 569. The molecule has 0 saturated heterocycles. The number of H-pyrrole nitrogens is 1. The molecule has 18 heavy (non-hydrogen) atoms. The molecule has 0 aliphatic heterocycles. The van der Waals surface area contributed by atoms with Crippen LogP contribution in [0.15, 0.2) is 36.5 Å². The Morgan fingerprint density at radius 1 is 1.39 bits per heavy atom. The summed E-state index contributed by atoms with van der Waals surface area (Å²) in [5.74, 6) is 0.404. The molecule has 0 aliphatic carbocycles. The zero-order valence-corrected chi connectivity index (χ0v) is 9.97. The highest BCUT2D eigenvalue weighted by molar-refractivity contribution is 6.01. The fourth-order valence-electron chi connectivity index (χ4n) is 1.42. The first-order chi connectivity index (χ1) is 8.65. The Morgan fingerprint density at radius 3 is 2.72 bits per heavy atom. The second kappa shape index (κ2) is 5.18. The number of carbonyl (C=O) groups is 1. The van der Waals surface area contributed by atoms with Gasteiger partial charge >= 0.3 is 0 Å². The van der Waals surface area contributed by atoms with Gasteiger partial charge in [0.15, 0.2) is 0 Å². The van der Waals surface area contributed by atoms with Gasteiger partial charge in [-0.2, -0.15) is 5.10 Å². The van der Waals surface area contributed by atoms with Gasteiger partial charge in [0.05, 0.1) is 6.20 Å². The summed E-state index contributed by atoms with van der Waals surface area (Å²) in [5, 5.41) is 9.24. The van der Waals surface area contributed by atoms with E-state index in [1.54, 1.807) is 24.4 Å². The molecule has 0 saturated carbocycles. The Hall–Kier alpha value is -2.56. The summed E-state index contributed by atoms with van der Waals surface area (Å²) in [6.45, 7) is 1.86. The van der Waals surface area contributed by atoms with E-state index in [1.807, 2.05) is 19.1 Å². The van der Waals surface area contributed by atoms with Crippen LogP contribution in [0.1, 0.15) is 11.1 Å². The lowest BCUT2D eigenvalue weighted by molar-refractivity contribution is -0.111. The van der Waals surface area contributed by atoms with Gasteiger partial charge in [-0.15, -0.1) is 0 Å². The number of nitrogens with one attached hydrogen (secondary N) is 2. The zero-order chi connectivity index (χ0) is 13.0. The lowest BCUT2D eigenvalue weighted by Gasteiger charge is -1.99. The van der Waals surface area contributed by atoms with E-state index in [4.69, 9.17) is 5.73 Å². The number of aromatic nitrogens is 2. The molecule has 0 unspecified atom stereocenters. The van der Waals surface area contributed by atoms with E-state index in [0.29, 0.717) is 11.5 Å². The van der Waals surface area contributed by atoms with Gasteiger partial charge in [-0.3, -0.25) is 9.89 Å². The van der Waals surface area contributed by atoms with Crippen molar-refractivity contribution < 1.29 is 4.79 Å². The number of benzene rings is 1. The van der Waals surface area contributed by atoms with E-state index in [9.17, 15) is 4.79 Å². The van der Waals surface area contributed by atoms with Gasteiger partial charge in [-0.05, 0) is 30.7 Å². The monoisotopic (exact) mass is 242 g/mol. The first kappa shape index (κ1) is 11.9. The predicted molar refractivity (Wildman–Crippen MR) is 71.8 cm³/mol. The molecule has 0 fully saturated rings. The van der Waals surface area contributed by atoms with Gasteiger partial charge in [0, 0.05) is 17.3 Å². The fraction of sp³-hybridized carbons (Fsp3) is 0.0769. The number of nitrogens with two attached hydrogens (primary N) is 1. The molecule has 5 heteroatoms. The van der Waals surface area contributed by atoms with E-state index in [0.717, 1.165) is 11.1 Å². The van der Waals surface area contributed by atoms with Crippen LogP contribution in [0.25, 0.3) is 6.08 Å². The van der Waals surface area contributed by atoms with Crippen molar-refractivity contribution in [1.82, 2.24) is 10.2 Å². The average Bonchev–Trinajstić information content (AvgIpc) is 2.74. The van der Waals surface area contributed by atoms with Crippen LogP contribution in [0.2, 0.25) is 0 Å². The molecule has 0 aliphatic rings. The fourth-order valence-corrected chi connectivity index (χ4v) is 1.42. The van der Waals surface area contributed by atoms with Crippen LogP contribution < -0.4 is 11.1 Å². The number of aromatic amines is 1. The quantitative estimate of drug-likeness (QED) is 0.568. The molecule has 1 aromatic heterocycles. The van der Waals surface area contributed by atoms with Gasteiger partial charge in [-0.1, -0.05) is 12.1 Å². The summed E-state index contributed by atoms with van der Waals surface area (Å²) in [7, 11) is 0. The Balaban J connectivity index is 1.99. The minimum absolute atomic E-state index is 0.209. The number of carbonyl (C=O) groups excluding carboxylic acids is 1. The summed E-state index contributed by atoms with van der Waals surface area (Å²) in [6.07, 6.45) is 4.84. The van der Waals surface area contributed by atoms with E-state index in [-0.39, 0.29) is 5.91 Å². The van der Waals surface area contributed by atoms with Crippen LogP contribution in [-0.2, 0) is 4.79 Å². The number of nitrogen functional groups attached to an aromatic ring is 1. The van der Waals surface area contributed by atoms with Crippen molar-refractivity contribution in [2.45, 2.75) is 6.92 Å². The molecule has 92 valence electrons. The topological polar surface area (TPSA) is 83.8 Å². The number of nitrogens with zero attached hydrogens (tertiary/aromatic N) is 1. The molecule has 0 spiro atoms. The van der Waals surface area contributed by atoms with E-state index >= 15 is 0 Å². The predicted octanol–water partition coefficient (Wildman–Crippen LogP) is 1.95. The summed E-state index contributed by atoms with van der Waals surface area (Å²) < 4.78 is 0. The Morgan fingerprint density at radius 2 is 2.11 bits per heavy atom. The molecule has 2 aromatic rings. The minimum atomic E-state index is -0.209. The first-order valence-electron chi connectivity index (χ1n) is 5.50. The highest BCUT2D eigenvalue weighted by Gasteiger charge is 2.02. The molecular formula is C13H14N4O. The van der Waals surface area contributed by atoms with Gasteiger partial charge in [0.1, 0.15) is 5.82 Å². The number of rotatable bonds is 3. The number of anilines is 2. The van der Waals surface area contributed by atoms with Crippen molar-refractivity contribution in [2.75, 3.05) is 11.1 Å². The van der Waals surface area contributed by atoms with Crippen LogP contribution in [-0.4, -0.2) is 16.1 Å². The third-order valence-electron chi connectivity index (χ3n) is 2.44. The highest BCUT2D eigenvalue weighted by atomic mass is 16.1. The smallest absolute Gasteiger partial charge is 0.249 e. The zero-order valence-electron chi connectivity index (χ0n) is 9.97. The molecule has 1 amide bonds. The maximum atomic E-state index is 11.6. The molecule has 4 N–H and O–H groups in total. The molecule has 1 heterocycles. The van der Waals surface area contributed by atoms with E-state index < -0.39 is 0 Å². The molecule has 5 nitrogen and oxygen atoms in total. The highest BCUT2D eigenvalue weighted by Crippen LogP contribution is 2.09. The largest absolute Gasteiger partial charge is 0.399 e. The minimum Gasteiger partial charge on any atom is -0.399 e. The molecule has 0 atom stereocenters. The number of amides is 1. The summed E-state index contributed by atoms with van der Waals surface area (Å²) in [5.41, 5.74) is 8.08. The Labute approximate surface area is 105 Å². The van der Waals surface area contributed by atoms with Crippen LogP contribution in [0.4, 0.5) is 11.5 Å². The normalized spacial score (nSPS) is 10.7. The van der Waals surface area contributed by atoms with E-state index in [2.05, 4.69) is 15.5 Å². The second-order valence-corrected chi connectivity index (χ2v) is 3.92. The maximum Gasteiger partial charge on any atom is 0.249 e. The van der Waals surface area contributed by atoms with E-state index in [1.165, 1.54) is 6.08 Å². The summed E-state index contributed by atoms with van der Waals surface area (Å²) in [6, 6.07) is 7.27. The summed E-state index contributed by atoms with van der Waals surface area (Å²) in [4.78, 5) is 11.6. The van der Waals surface area contributed by atoms with Crippen LogP contribution in [0.5, 0.6) is 0 Å². The Kier molecular flexibility index (Phi) is 3.43. The maximum absolute atomic E-state index is 11.6. The lowest BCUT2D eigenvalue weighted by atomic mass is 10.2. The molecule has 1 aromatic carbocycles. The molecule has 2 rings (SSSR count). The van der Waals surface area contributed by atoms with Crippen molar-refractivity contribution >= 4 is 23.5 Å². The van der Waals surface area contributed by atoms with Crippen molar-refractivity contribution in [2.24, 2.45) is 0 Å². The van der Waals surface area contributed by atoms with Gasteiger partial charge in [-0.25, -0.2) is 0 Å². The van der Waals surface area contributed by atoms with Crippen LogP contribution in [0, 0.1) is 6.92 Å². The van der Waals surface area contributed by atoms with Gasteiger partial charge in [0.2, 0.25) is 5.91 Å². The van der Waals surface area contributed by atoms with Crippen LogP contribution >= 0.6 is 0 Å². The first-order valence-corrected chi connectivity index (χ1v) is 5.50. The van der Waals surface area contributed by atoms with Crippen molar-refractivity contribution in [3.63, 3.8) is 0 Å². The second-order valence-electron chi connectivity index (χ2n) is 3.92. The third-order valence-corrected chi connectivity index (χ3v) is 2.44. The molecule has 0 radical (unpaired) electrons. The number of aryl methyl sites for hydroxylation is 1. The third kappa shape index (κ3) is 2.98. The average molecular weight is 242 g/mol. The molecule has 0 bridgehead atoms. The number of hydrogen-bond acceptors (Lipinski definition) is 3. The standard InChI is InChI=1S/C13H14N4O/c1-9-8-15-17-13(9)16-12(18)7-4-10-2-5-11(14)6-3-10/h2-8H,14H2,1H3,(H2,15,16,17,18)/b7-4+. The van der Waals surface area contributed by atoms with Crippen molar-refractivity contribution in [3.05, 3.63) is 47.7 Å². The van der Waals surface area contributed by atoms with Crippen molar-refractivity contribution in [3.8, 4) is 0 Å². The van der Waals surface area contributed by atoms with Crippen molar-refractivity contribution in [1.29, 1.82) is 0 Å². The van der Waals surface area contributed by atoms with Crippen LogP contribution in [0.3, 0.4) is 0 Å².